The third-order valence-electron chi connectivity index (χ3n) is 4.82. The first kappa shape index (κ1) is 14.9. The molecule has 3 aromatic rings. The van der Waals surface area contributed by atoms with Crippen molar-refractivity contribution in [1.82, 2.24) is 24.7 Å². The number of nitrogens with zero attached hydrogens (tertiary/aromatic N) is 4. The van der Waals surface area contributed by atoms with Gasteiger partial charge in [-0.05, 0) is 24.7 Å². The van der Waals surface area contributed by atoms with Gasteiger partial charge in [0.25, 0.3) is 0 Å². The maximum atomic E-state index is 11.3. The molecule has 1 aliphatic rings. The Labute approximate surface area is 138 Å². The van der Waals surface area contributed by atoms with Crippen LogP contribution in [0, 0.1) is 5.41 Å². The second-order valence-corrected chi connectivity index (χ2v) is 7.20. The Bertz CT molecular complexity index is 967. The summed E-state index contributed by atoms with van der Waals surface area (Å²) < 4.78 is 1.92. The van der Waals surface area contributed by atoms with E-state index < -0.39 is 5.97 Å². The van der Waals surface area contributed by atoms with Gasteiger partial charge in [-0.15, -0.1) is 0 Å². The van der Waals surface area contributed by atoms with Crippen molar-refractivity contribution in [1.29, 1.82) is 0 Å². The van der Waals surface area contributed by atoms with Crippen molar-refractivity contribution < 1.29 is 9.90 Å². The van der Waals surface area contributed by atoms with Crippen molar-refractivity contribution in [2.45, 2.75) is 33.1 Å². The molecule has 0 atom stereocenters. The van der Waals surface area contributed by atoms with Gasteiger partial charge < -0.3 is 10.1 Å². The highest BCUT2D eigenvalue weighted by Gasteiger charge is 2.31. The van der Waals surface area contributed by atoms with Crippen LogP contribution >= 0.6 is 0 Å². The average Bonchev–Trinajstić information content (AvgIpc) is 3.07. The van der Waals surface area contributed by atoms with Crippen LogP contribution in [0.5, 0.6) is 0 Å². The van der Waals surface area contributed by atoms with Gasteiger partial charge in [-0.25, -0.2) is 14.8 Å². The first-order valence-corrected chi connectivity index (χ1v) is 7.98. The zero-order valence-electron chi connectivity index (χ0n) is 13.9. The SMILES string of the molecule is Cn1nc(-c2cnc3[nH]cc(C(=O)O)c3n2)c2c1CCC(C)(C)C2. The molecule has 0 aliphatic heterocycles. The molecular weight excluding hydrogens is 306 g/mol. The van der Waals surface area contributed by atoms with Gasteiger partial charge >= 0.3 is 5.97 Å². The molecule has 4 rings (SSSR count). The molecule has 3 aromatic heterocycles. The van der Waals surface area contributed by atoms with E-state index in [0.29, 0.717) is 16.9 Å². The van der Waals surface area contributed by atoms with Crippen LogP contribution in [0.4, 0.5) is 0 Å². The van der Waals surface area contributed by atoms with Gasteiger partial charge in [0, 0.05) is 24.5 Å². The van der Waals surface area contributed by atoms with Gasteiger partial charge in [0.2, 0.25) is 0 Å². The van der Waals surface area contributed by atoms with Crippen LogP contribution in [0.15, 0.2) is 12.4 Å². The van der Waals surface area contributed by atoms with Crippen LogP contribution in [0.3, 0.4) is 0 Å². The number of fused-ring (bicyclic) bond motifs is 2. The number of carbonyl (C=O) groups is 1. The van der Waals surface area contributed by atoms with E-state index in [1.807, 2.05) is 11.7 Å². The van der Waals surface area contributed by atoms with Gasteiger partial charge in [-0.2, -0.15) is 5.10 Å². The van der Waals surface area contributed by atoms with Gasteiger partial charge in [0.15, 0.2) is 5.65 Å². The lowest BCUT2D eigenvalue weighted by Crippen LogP contribution is -2.22. The molecular formula is C17H19N5O2. The maximum Gasteiger partial charge on any atom is 0.339 e. The minimum absolute atomic E-state index is 0.129. The highest BCUT2D eigenvalue weighted by molar-refractivity contribution is 6.00. The lowest BCUT2D eigenvalue weighted by Gasteiger charge is -2.29. The molecule has 0 bridgehead atoms. The maximum absolute atomic E-state index is 11.3. The molecule has 0 fully saturated rings. The van der Waals surface area contributed by atoms with Crippen LogP contribution in [-0.2, 0) is 19.9 Å². The van der Waals surface area contributed by atoms with Crippen LogP contribution in [-0.4, -0.2) is 35.8 Å². The van der Waals surface area contributed by atoms with Crippen molar-refractivity contribution in [3.63, 3.8) is 0 Å². The molecule has 7 nitrogen and oxygen atoms in total. The second-order valence-electron chi connectivity index (χ2n) is 7.20. The van der Waals surface area contributed by atoms with Crippen molar-refractivity contribution in [2.24, 2.45) is 12.5 Å². The number of rotatable bonds is 2. The monoisotopic (exact) mass is 325 g/mol. The summed E-state index contributed by atoms with van der Waals surface area (Å²) in [5.41, 5.74) is 5.07. The van der Waals surface area contributed by atoms with E-state index in [0.717, 1.165) is 25.0 Å². The Morgan fingerprint density at radius 2 is 2.21 bits per heavy atom. The number of aromatic nitrogens is 5. The molecule has 124 valence electrons. The molecule has 0 saturated heterocycles. The average molecular weight is 325 g/mol. The molecule has 2 N–H and O–H groups in total. The molecule has 0 aromatic carbocycles. The fourth-order valence-electron chi connectivity index (χ4n) is 3.50. The van der Waals surface area contributed by atoms with Gasteiger partial charge in [0.05, 0.1) is 6.20 Å². The fourth-order valence-corrected chi connectivity index (χ4v) is 3.50. The highest BCUT2D eigenvalue weighted by atomic mass is 16.4. The minimum atomic E-state index is -1.02. The molecule has 0 amide bonds. The lowest BCUT2D eigenvalue weighted by atomic mass is 9.75. The number of aromatic amines is 1. The first-order chi connectivity index (χ1) is 11.4. The number of hydrogen-bond acceptors (Lipinski definition) is 4. The van der Waals surface area contributed by atoms with Gasteiger partial charge in [0.1, 0.15) is 22.5 Å². The van der Waals surface area contributed by atoms with Crippen LogP contribution in [0.25, 0.3) is 22.6 Å². The number of aryl methyl sites for hydroxylation is 1. The number of carboxylic acids is 1. The zero-order chi connectivity index (χ0) is 17.1. The molecule has 1 aliphatic carbocycles. The molecule has 0 spiro atoms. The van der Waals surface area contributed by atoms with E-state index >= 15 is 0 Å². The Morgan fingerprint density at radius 1 is 1.42 bits per heavy atom. The van der Waals surface area contributed by atoms with Crippen molar-refractivity contribution in [2.75, 3.05) is 0 Å². The molecule has 0 saturated carbocycles. The number of hydrogen-bond donors (Lipinski definition) is 2. The van der Waals surface area contributed by atoms with Crippen molar-refractivity contribution >= 4 is 17.1 Å². The van der Waals surface area contributed by atoms with Crippen LogP contribution in [0.1, 0.15) is 41.9 Å². The summed E-state index contributed by atoms with van der Waals surface area (Å²) in [6, 6.07) is 0. The lowest BCUT2D eigenvalue weighted by molar-refractivity contribution is 0.0699. The van der Waals surface area contributed by atoms with Gasteiger partial charge in [-0.1, -0.05) is 13.8 Å². The first-order valence-electron chi connectivity index (χ1n) is 7.98. The van der Waals surface area contributed by atoms with Crippen molar-refractivity contribution in [3.05, 3.63) is 29.2 Å². The largest absolute Gasteiger partial charge is 0.478 e. The summed E-state index contributed by atoms with van der Waals surface area (Å²) >= 11 is 0. The number of H-pyrrole nitrogens is 1. The summed E-state index contributed by atoms with van der Waals surface area (Å²) in [6.07, 6.45) is 6.14. The van der Waals surface area contributed by atoms with Gasteiger partial charge in [-0.3, -0.25) is 4.68 Å². The summed E-state index contributed by atoms with van der Waals surface area (Å²) in [5, 5.41) is 13.9. The molecule has 7 heteroatoms. The summed E-state index contributed by atoms with van der Waals surface area (Å²) in [7, 11) is 1.95. The third kappa shape index (κ3) is 2.19. The highest BCUT2D eigenvalue weighted by Crippen LogP contribution is 2.38. The second kappa shape index (κ2) is 4.90. The van der Waals surface area contributed by atoms with E-state index in [4.69, 9.17) is 0 Å². The standard InChI is InChI=1S/C17H19N5O2/c1-17(2)5-4-12-9(6-17)13(21-22(12)3)11-8-19-15-14(20-11)10(7-18-15)16(23)24/h7-8H,4-6H2,1-3H3,(H,18,19)(H,23,24). The summed E-state index contributed by atoms with van der Waals surface area (Å²) in [6.45, 7) is 4.52. The van der Waals surface area contributed by atoms with E-state index in [-0.39, 0.29) is 11.0 Å². The van der Waals surface area contributed by atoms with E-state index in [9.17, 15) is 9.90 Å². The topological polar surface area (TPSA) is 96.7 Å². The Balaban J connectivity index is 1.89. The summed E-state index contributed by atoms with van der Waals surface area (Å²) in [5.74, 6) is -1.02. The number of nitrogens with one attached hydrogen (secondary N) is 1. The minimum Gasteiger partial charge on any atom is -0.478 e. The Kier molecular flexibility index (Phi) is 3.03. The molecule has 0 unspecified atom stereocenters. The smallest absolute Gasteiger partial charge is 0.339 e. The predicted molar refractivity (Wildman–Crippen MR) is 88.9 cm³/mol. The Morgan fingerprint density at radius 3 is 2.96 bits per heavy atom. The summed E-state index contributed by atoms with van der Waals surface area (Å²) in [4.78, 5) is 23.1. The number of aromatic carboxylic acids is 1. The Hall–Kier alpha value is -2.70. The fraction of sp³-hybridized carbons (Fsp3) is 0.412. The van der Waals surface area contributed by atoms with E-state index in [2.05, 4.69) is 33.9 Å². The normalized spacial score (nSPS) is 16.3. The van der Waals surface area contributed by atoms with E-state index in [1.54, 1.807) is 6.20 Å². The third-order valence-corrected chi connectivity index (χ3v) is 4.82. The number of carboxylic acid groups (broad SMARTS) is 1. The van der Waals surface area contributed by atoms with Crippen LogP contribution < -0.4 is 0 Å². The zero-order valence-corrected chi connectivity index (χ0v) is 13.9. The molecule has 3 heterocycles. The van der Waals surface area contributed by atoms with Crippen LogP contribution in [0.2, 0.25) is 0 Å². The molecule has 24 heavy (non-hydrogen) atoms. The van der Waals surface area contributed by atoms with E-state index in [1.165, 1.54) is 17.5 Å². The molecule has 0 radical (unpaired) electrons. The predicted octanol–water partition coefficient (Wildman–Crippen LogP) is 2.57. The quantitative estimate of drug-likeness (QED) is 0.755. The van der Waals surface area contributed by atoms with Crippen molar-refractivity contribution in [3.8, 4) is 11.4 Å².